The minimum absolute atomic E-state index is 0.0550. The molecular weight excluding hydrogens is 274 g/mol. The Labute approximate surface area is 123 Å². The van der Waals surface area contributed by atoms with E-state index in [2.05, 4.69) is 28.6 Å². The number of hydrogen-bond donors (Lipinski definition) is 1. The molecule has 3 rings (SSSR count). The van der Waals surface area contributed by atoms with E-state index in [9.17, 15) is 4.79 Å². The largest absolute Gasteiger partial charge is 0.481 e. The summed E-state index contributed by atoms with van der Waals surface area (Å²) in [4.78, 5) is 10.8. The highest BCUT2D eigenvalue weighted by molar-refractivity contribution is 7.99. The Morgan fingerprint density at radius 3 is 2.60 bits per heavy atom. The third-order valence-electron chi connectivity index (χ3n) is 4.71. The molecule has 1 N–H and O–H groups in total. The summed E-state index contributed by atoms with van der Waals surface area (Å²) in [5.41, 5.74) is 0. The van der Waals surface area contributed by atoms with E-state index in [1.165, 1.54) is 31.0 Å². The molecule has 2 aliphatic rings. The second-order valence-electron chi connectivity index (χ2n) is 6.15. The number of carbonyl (C=O) groups is 1. The molecular formula is C14H21N3O2S. The van der Waals surface area contributed by atoms with E-state index in [1.54, 1.807) is 0 Å². The van der Waals surface area contributed by atoms with Crippen molar-refractivity contribution in [2.75, 3.05) is 5.75 Å². The van der Waals surface area contributed by atoms with Crippen LogP contribution in [-0.2, 0) is 4.79 Å². The van der Waals surface area contributed by atoms with Crippen LogP contribution in [0.15, 0.2) is 5.16 Å². The van der Waals surface area contributed by atoms with Crippen LogP contribution in [0.25, 0.3) is 0 Å². The number of aliphatic carboxylic acids is 1. The fourth-order valence-electron chi connectivity index (χ4n) is 3.15. The number of rotatable bonds is 5. The van der Waals surface area contributed by atoms with Crippen LogP contribution in [0.1, 0.15) is 57.3 Å². The van der Waals surface area contributed by atoms with E-state index >= 15 is 0 Å². The third kappa shape index (κ3) is 2.57. The zero-order valence-corrected chi connectivity index (χ0v) is 12.8. The summed E-state index contributed by atoms with van der Waals surface area (Å²) in [7, 11) is 0. The molecule has 0 aliphatic heterocycles. The predicted octanol–water partition coefficient (Wildman–Crippen LogP) is 2.94. The fourth-order valence-corrected chi connectivity index (χ4v) is 3.87. The van der Waals surface area contributed by atoms with Gasteiger partial charge in [0.25, 0.3) is 0 Å². The van der Waals surface area contributed by atoms with Crippen molar-refractivity contribution in [2.24, 2.45) is 11.8 Å². The van der Waals surface area contributed by atoms with Crippen molar-refractivity contribution < 1.29 is 9.90 Å². The molecule has 0 bridgehead atoms. The van der Waals surface area contributed by atoms with Crippen LogP contribution >= 0.6 is 11.8 Å². The molecule has 20 heavy (non-hydrogen) atoms. The first-order valence-electron chi connectivity index (χ1n) is 7.37. The Hall–Kier alpha value is -1.04. The molecule has 0 radical (unpaired) electrons. The molecule has 0 spiro atoms. The third-order valence-corrected chi connectivity index (χ3v) is 5.64. The zero-order chi connectivity index (χ0) is 14.3. The van der Waals surface area contributed by atoms with Crippen molar-refractivity contribution in [2.45, 2.75) is 56.6 Å². The average Bonchev–Trinajstić information content (AvgIpc) is 3.09. The second-order valence-corrected chi connectivity index (χ2v) is 7.09. The summed E-state index contributed by atoms with van der Waals surface area (Å²) in [6.45, 7) is 4.60. The molecule has 2 aliphatic carbocycles. The quantitative estimate of drug-likeness (QED) is 0.846. The molecule has 1 aromatic rings. The van der Waals surface area contributed by atoms with Crippen LogP contribution in [-0.4, -0.2) is 31.6 Å². The first-order chi connectivity index (χ1) is 9.58. The summed E-state index contributed by atoms with van der Waals surface area (Å²) in [5, 5.41) is 18.3. The molecule has 0 aromatic carbocycles. The first kappa shape index (κ1) is 13.9. The molecule has 1 heterocycles. The Bertz CT molecular complexity index is 513. The highest BCUT2D eigenvalue weighted by Crippen LogP contribution is 2.46. The predicted molar refractivity (Wildman–Crippen MR) is 77.0 cm³/mol. The van der Waals surface area contributed by atoms with Crippen LogP contribution in [0.5, 0.6) is 0 Å². The van der Waals surface area contributed by atoms with Crippen molar-refractivity contribution >= 4 is 17.7 Å². The Kier molecular flexibility index (Phi) is 3.75. The summed E-state index contributed by atoms with van der Waals surface area (Å²) in [6, 6.07) is 0.437. The summed E-state index contributed by atoms with van der Waals surface area (Å²) in [6.07, 6.45) is 4.77. The lowest BCUT2D eigenvalue weighted by Gasteiger charge is -2.22. The monoisotopic (exact) mass is 295 g/mol. The number of aromatic nitrogens is 3. The molecule has 5 nitrogen and oxygen atoms in total. The Morgan fingerprint density at radius 2 is 2.05 bits per heavy atom. The van der Waals surface area contributed by atoms with Gasteiger partial charge in [-0.05, 0) is 37.5 Å². The van der Waals surface area contributed by atoms with Gasteiger partial charge in [-0.2, -0.15) is 0 Å². The van der Waals surface area contributed by atoms with Gasteiger partial charge in [-0.25, -0.2) is 0 Å². The Morgan fingerprint density at radius 1 is 1.30 bits per heavy atom. The van der Waals surface area contributed by atoms with Gasteiger partial charge in [0.1, 0.15) is 5.82 Å². The maximum Gasteiger partial charge on any atom is 0.313 e. The van der Waals surface area contributed by atoms with Gasteiger partial charge >= 0.3 is 5.97 Å². The van der Waals surface area contributed by atoms with E-state index in [0.29, 0.717) is 23.8 Å². The van der Waals surface area contributed by atoms with Crippen molar-refractivity contribution in [3.05, 3.63) is 5.82 Å². The molecule has 2 saturated carbocycles. The van der Waals surface area contributed by atoms with Crippen molar-refractivity contribution in [1.82, 2.24) is 14.8 Å². The number of thioether (sulfide) groups is 1. The first-order valence-corrected chi connectivity index (χ1v) is 8.36. The van der Waals surface area contributed by atoms with Gasteiger partial charge in [-0.3, -0.25) is 4.79 Å². The van der Waals surface area contributed by atoms with Crippen LogP contribution in [0, 0.1) is 11.8 Å². The maximum absolute atomic E-state index is 10.8. The zero-order valence-electron chi connectivity index (χ0n) is 12.0. The number of carboxylic acid groups (broad SMARTS) is 1. The molecule has 110 valence electrons. The SMILES string of the molecule is CC1CCC(n2c(SCC(=O)O)nnc2C2CC2)C1C. The van der Waals surface area contributed by atoms with Gasteiger partial charge in [-0.1, -0.05) is 25.6 Å². The highest BCUT2D eigenvalue weighted by Gasteiger charge is 2.38. The number of hydrogen-bond acceptors (Lipinski definition) is 4. The molecule has 0 amide bonds. The van der Waals surface area contributed by atoms with Crippen LogP contribution in [0.3, 0.4) is 0 Å². The molecule has 3 atom stereocenters. The average molecular weight is 295 g/mol. The summed E-state index contributed by atoms with van der Waals surface area (Å²) < 4.78 is 2.26. The smallest absolute Gasteiger partial charge is 0.313 e. The summed E-state index contributed by atoms with van der Waals surface area (Å²) in [5.74, 6) is 2.21. The van der Waals surface area contributed by atoms with Crippen molar-refractivity contribution in [3.63, 3.8) is 0 Å². The van der Waals surface area contributed by atoms with E-state index in [0.717, 1.165) is 17.4 Å². The number of nitrogens with zero attached hydrogens (tertiary/aromatic N) is 3. The minimum atomic E-state index is -0.801. The molecule has 0 saturated heterocycles. The van der Waals surface area contributed by atoms with E-state index in [4.69, 9.17) is 5.11 Å². The van der Waals surface area contributed by atoms with Gasteiger partial charge in [0, 0.05) is 12.0 Å². The summed E-state index contributed by atoms with van der Waals surface area (Å²) >= 11 is 1.30. The van der Waals surface area contributed by atoms with Crippen LogP contribution in [0.2, 0.25) is 0 Å². The van der Waals surface area contributed by atoms with Gasteiger partial charge in [0.05, 0.1) is 5.75 Å². The molecule has 1 aromatic heterocycles. The molecule has 3 unspecified atom stereocenters. The maximum atomic E-state index is 10.8. The second kappa shape index (κ2) is 5.39. The highest BCUT2D eigenvalue weighted by atomic mass is 32.2. The topological polar surface area (TPSA) is 68.0 Å². The molecule has 2 fully saturated rings. The fraction of sp³-hybridized carbons (Fsp3) is 0.786. The lowest BCUT2D eigenvalue weighted by atomic mass is 9.97. The van der Waals surface area contributed by atoms with E-state index < -0.39 is 5.97 Å². The van der Waals surface area contributed by atoms with Crippen LogP contribution in [0.4, 0.5) is 0 Å². The van der Waals surface area contributed by atoms with Gasteiger partial charge < -0.3 is 9.67 Å². The van der Waals surface area contributed by atoms with Crippen molar-refractivity contribution in [1.29, 1.82) is 0 Å². The Balaban J connectivity index is 1.89. The van der Waals surface area contributed by atoms with Gasteiger partial charge in [0.15, 0.2) is 5.16 Å². The van der Waals surface area contributed by atoms with Gasteiger partial charge in [0.2, 0.25) is 0 Å². The van der Waals surface area contributed by atoms with Gasteiger partial charge in [-0.15, -0.1) is 10.2 Å². The normalized spacial score (nSPS) is 29.8. The standard InChI is InChI=1S/C14H21N3O2S/c1-8-3-6-11(9(8)2)17-13(10-4-5-10)15-16-14(17)20-7-12(18)19/h8-11H,3-7H2,1-2H3,(H,18,19). The lowest BCUT2D eigenvalue weighted by Crippen LogP contribution is -2.18. The minimum Gasteiger partial charge on any atom is -0.481 e. The van der Waals surface area contributed by atoms with Crippen molar-refractivity contribution in [3.8, 4) is 0 Å². The van der Waals surface area contributed by atoms with Crippen LogP contribution < -0.4 is 0 Å². The lowest BCUT2D eigenvalue weighted by molar-refractivity contribution is -0.133. The van der Waals surface area contributed by atoms with E-state index in [1.807, 2.05) is 0 Å². The molecule has 6 heteroatoms. The van der Waals surface area contributed by atoms with E-state index in [-0.39, 0.29) is 5.75 Å². The number of carboxylic acids is 1.